The van der Waals surface area contributed by atoms with Crippen LogP contribution in [0.25, 0.3) is 0 Å². The van der Waals surface area contributed by atoms with E-state index in [1.807, 2.05) is 26.1 Å². The van der Waals surface area contributed by atoms with Crippen molar-refractivity contribution in [3.8, 4) is 0 Å². The van der Waals surface area contributed by atoms with Gasteiger partial charge < -0.3 is 5.32 Å². The van der Waals surface area contributed by atoms with Crippen LogP contribution >= 0.6 is 11.6 Å². The molecule has 0 fully saturated rings. The van der Waals surface area contributed by atoms with E-state index >= 15 is 0 Å². The SMILES string of the molecule is CCn1ccc(CNC(=O)c2nn(CC)cc2Cl)n1. The molecule has 0 aliphatic carbocycles. The number of hydrogen-bond donors (Lipinski definition) is 1. The van der Waals surface area contributed by atoms with Crippen molar-refractivity contribution in [2.75, 3.05) is 0 Å². The summed E-state index contributed by atoms with van der Waals surface area (Å²) in [5.41, 5.74) is 1.06. The average Bonchev–Trinajstić information content (AvgIpc) is 3.02. The number of carbonyl (C=O) groups excluding carboxylic acids is 1. The van der Waals surface area contributed by atoms with Crippen LogP contribution in [0.3, 0.4) is 0 Å². The Labute approximate surface area is 116 Å². The lowest BCUT2D eigenvalue weighted by atomic mass is 10.4. The van der Waals surface area contributed by atoms with Crippen LogP contribution in [0.4, 0.5) is 0 Å². The number of aromatic nitrogens is 4. The lowest BCUT2D eigenvalue weighted by Crippen LogP contribution is -2.24. The van der Waals surface area contributed by atoms with Gasteiger partial charge in [0.05, 0.1) is 17.3 Å². The van der Waals surface area contributed by atoms with Crippen molar-refractivity contribution in [2.24, 2.45) is 0 Å². The van der Waals surface area contributed by atoms with Crippen LogP contribution in [0.5, 0.6) is 0 Å². The summed E-state index contributed by atoms with van der Waals surface area (Å²) in [4.78, 5) is 11.9. The minimum Gasteiger partial charge on any atom is -0.345 e. The third-order valence-electron chi connectivity index (χ3n) is 2.71. The molecule has 0 aliphatic rings. The molecule has 1 amide bonds. The molecule has 0 radical (unpaired) electrons. The molecule has 102 valence electrons. The second-order valence-corrected chi connectivity index (χ2v) is 4.43. The summed E-state index contributed by atoms with van der Waals surface area (Å²) >= 11 is 5.96. The summed E-state index contributed by atoms with van der Waals surface area (Å²) in [6.45, 7) is 5.78. The summed E-state index contributed by atoms with van der Waals surface area (Å²) in [5.74, 6) is -0.289. The minimum atomic E-state index is -0.289. The van der Waals surface area contributed by atoms with E-state index in [-0.39, 0.29) is 11.6 Å². The number of rotatable bonds is 5. The van der Waals surface area contributed by atoms with Gasteiger partial charge in [-0.05, 0) is 19.9 Å². The van der Waals surface area contributed by atoms with Gasteiger partial charge in [0.15, 0.2) is 5.69 Å². The molecular formula is C12H16ClN5O. The maximum Gasteiger partial charge on any atom is 0.273 e. The summed E-state index contributed by atoms with van der Waals surface area (Å²) in [7, 11) is 0. The molecule has 0 bridgehead atoms. The Hall–Kier alpha value is -1.82. The van der Waals surface area contributed by atoms with Crippen LogP contribution in [-0.4, -0.2) is 25.5 Å². The summed E-state index contributed by atoms with van der Waals surface area (Å²) in [6.07, 6.45) is 3.52. The van der Waals surface area contributed by atoms with Crippen molar-refractivity contribution >= 4 is 17.5 Å². The Morgan fingerprint density at radius 3 is 2.63 bits per heavy atom. The molecule has 2 aromatic rings. The maximum atomic E-state index is 11.9. The number of amides is 1. The molecule has 1 N–H and O–H groups in total. The van der Waals surface area contributed by atoms with Crippen LogP contribution in [0, 0.1) is 0 Å². The van der Waals surface area contributed by atoms with Gasteiger partial charge in [0.25, 0.3) is 5.91 Å². The molecule has 0 saturated carbocycles. The van der Waals surface area contributed by atoms with Crippen molar-refractivity contribution in [1.82, 2.24) is 24.9 Å². The average molecular weight is 282 g/mol. The van der Waals surface area contributed by atoms with E-state index in [0.29, 0.717) is 18.1 Å². The lowest BCUT2D eigenvalue weighted by Gasteiger charge is -2.01. The molecular weight excluding hydrogens is 266 g/mol. The van der Waals surface area contributed by atoms with E-state index in [9.17, 15) is 4.79 Å². The van der Waals surface area contributed by atoms with E-state index in [4.69, 9.17) is 11.6 Å². The first kappa shape index (κ1) is 13.6. The fourth-order valence-corrected chi connectivity index (χ4v) is 1.88. The molecule has 0 aliphatic heterocycles. The molecule has 2 aromatic heterocycles. The predicted octanol–water partition coefficient (Wildman–Crippen LogP) is 1.70. The highest BCUT2D eigenvalue weighted by Crippen LogP contribution is 2.13. The molecule has 0 aromatic carbocycles. The third-order valence-corrected chi connectivity index (χ3v) is 2.98. The molecule has 2 rings (SSSR count). The first-order valence-corrected chi connectivity index (χ1v) is 6.55. The Kier molecular flexibility index (Phi) is 4.21. The number of carbonyl (C=O) groups is 1. The van der Waals surface area contributed by atoms with Crippen molar-refractivity contribution < 1.29 is 4.79 Å². The van der Waals surface area contributed by atoms with Crippen molar-refractivity contribution in [1.29, 1.82) is 0 Å². The lowest BCUT2D eigenvalue weighted by molar-refractivity contribution is 0.0944. The second-order valence-electron chi connectivity index (χ2n) is 4.03. The Morgan fingerprint density at radius 2 is 2.05 bits per heavy atom. The van der Waals surface area contributed by atoms with Crippen molar-refractivity contribution in [2.45, 2.75) is 33.5 Å². The topological polar surface area (TPSA) is 64.7 Å². The summed E-state index contributed by atoms with van der Waals surface area (Å²) < 4.78 is 3.43. The van der Waals surface area contributed by atoms with Crippen LogP contribution in [-0.2, 0) is 19.6 Å². The van der Waals surface area contributed by atoms with Crippen molar-refractivity contribution in [3.63, 3.8) is 0 Å². The molecule has 19 heavy (non-hydrogen) atoms. The fraction of sp³-hybridized carbons (Fsp3) is 0.417. The zero-order chi connectivity index (χ0) is 13.8. The van der Waals surface area contributed by atoms with E-state index in [0.717, 1.165) is 12.2 Å². The van der Waals surface area contributed by atoms with Crippen LogP contribution in [0.15, 0.2) is 18.5 Å². The van der Waals surface area contributed by atoms with E-state index in [1.54, 1.807) is 15.6 Å². The molecule has 0 saturated heterocycles. The van der Waals surface area contributed by atoms with Crippen molar-refractivity contribution in [3.05, 3.63) is 34.9 Å². The van der Waals surface area contributed by atoms with Gasteiger partial charge in [0.1, 0.15) is 0 Å². The molecule has 0 atom stereocenters. The van der Waals surface area contributed by atoms with Crippen LogP contribution < -0.4 is 5.32 Å². The Balaban J connectivity index is 1.98. The highest BCUT2D eigenvalue weighted by Gasteiger charge is 2.15. The standard InChI is InChI=1S/C12H16ClN5O/c1-3-17-6-5-9(15-17)7-14-12(19)11-10(13)8-18(4-2)16-11/h5-6,8H,3-4,7H2,1-2H3,(H,14,19). The number of hydrogen-bond acceptors (Lipinski definition) is 3. The first-order valence-electron chi connectivity index (χ1n) is 6.17. The van der Waals surface area contributed by atoms with E-state index in [2.05, 4.69) is 15.5 Å². The van der Waals surface area contributed by atoms with Gasteiger partial charge in [-0.2, -0.15) is 10.2 Å². The molecule has 7 heteroatoms. The smallest absolute Gasteiger partial charge is 0.273 e. The normalized spacial score (nSPS) is 10.7. The Morgan fingerprint density at radius 1 is 1.32 bits per heavy atom. The first-order chi connectivity index (χ1) is 9.13. The maximum absolute atomic E-state index is 11.9. The highest BCUT2D eigenvalue weighted by molar-refractivity contribution is 6.33. The number of aryl methyl sites for hydroxylation is 2. The minimum absolute atomic E-state index is 0.249. The van der Waals surface area contributed by atoms with Gasteiger partial charge in [0.2, 0.25) is 0 Å². The number of nitrogens with zero attached hydrogens (tertiary/aromatic N) is 4. The van der Waals surface area contributed by atoms with Gasteiger partial charge in [-0.15, -0.1) is 0 Å². The van der Waals surface area contributed by atoms with Gasteiger partial charge >= 0.3 is 0 Å². The Bertz CT molecular complexity index is 574. The largest absolute Gasteiger partial charge is 0.345 e. The summed E-state index contributed by atoms with van der Waals surface area (Å²) in [6, 6.07) is 1.87. The predicted molar refractivity (Wildman–Crippen MR) is 72.0 cm³/mol. The van der Waals surface area contributed by atoms with Gasteiger partial charge in [-0.1, -0.05) is 11.6 Å². The number of nitrogens with one attached hydrogen (secondary N) is 1. The van der Waals surface area contributed by atoms with Crippen LogP contribution in [0.1, 0.15) is 30.0 Å². The molecule has 6 nitrogen and oxygen atoms in total. The number of halogens is 1. The van der Waals surface area contributed by atoms with Gasteiger partial charge in [-0.3, -0.25) is 14.2 Å². The van der Waals surface area contributed by atoms with Crippen LogP contribution in [0.2, 0.25) is 5.02 Å². The quantitative estimate of drug-likeness (QED) is 0.907. The van der Waals surface area contributed by atoms with Gasteiger partial charge in [-0.25, -0.2) is 0 Å². The second kappa shape index (κ2) is 5.88. The zero-order valence-electron chi connectivity index (χ0n) is 10.9. The van der Waals surface area contributed by atoms with E-state index in [1.165, 1.54) is 0 Å². The van der Waals surface area contributed by atoms with E-state index < -0.39 is 0 Å². The third kappa shape index (κ3) is 3.14. The molecule has 2 heterocycles. The monoisotopic (exact) mass is 281 g/mol. The van der Waals surface area contributed by atoms with Gasteiger partial charge in [0, 0.05) is 25.5 Å². The molecule has 0 unspecified atom stereocenters. The fourth-order valence-electron chi connectivity index (χ4n) is 1.64. The summed E-state index contributed by atoms with van der Waals surface area (Å²) in [5, 5.41) is 11.5. The molecule has 0 spiro atoms. The highest BCUT2D eigenvalue weighted by atomic mass is 35.5. The zero-order valence-corrected chi connectivity index (χ0v) is 11.7.